The largest absolute Gasteiger partial charge is 0.493 e. The molecule has 2 rings (SSSR count). The summed E-state index contributed by atoms with van der Waals surface area (Å²) < 4.78 is 16.4. The molecule has 2 aromatic rings. The van der Waals surface area contributed by atoms with Crippen molar-refractivity contribution in [2.24, 2.45) is 0 Å². The standard InChI is InChI=1S/C18H26ClN3O3/c1-6-12(3)24-18-15(19)8-14(9-16(18)23-5)10-22(7-2)11-17-20-13(4)25-21-17/h8-9,12H,6-7,10-11H2,1-5H3. The monoisotopic (exact) mass is 367 g/mol. The zero-order valence-corrected chi connectivity index (χ0v) is 16.3. The molecule has 0 radical (unpaired) electrons. The minimum Gasteiger partial charge on any atom is -0.493 e. The fourth-order valence-electron chi connectivity index (χ4n) is 2.41. The number of rotatable bonds is 9. The van der Waals surface area contributed by atoms with E-state index in [1.807, 2.05) is 19.1 Å². The molecule has 0 N–H and O–H groups in total. The van der Waals surface area contributed by atoms with Crippen LogP contribution in [0.1, 0.15) is 44.5 Å². The lowest BCUT2D eigenvalue weighted by atomic mass is 10.1. The van der Waals surface area contributed by atoms with E-state index < -0.39 is 0 Å². The van der Waals surface area contributed by atoms with E-state index in [0.29, 0.717) is 41.3 Å². The average molecular weight is 368 g/mol. The number of benzene rings is 1. The Hall–Kier alpha value is -1.79. The topological polar surface area (TPSA) is 60.6 Å². The van der Waals surface area contributed by atoms with Crippen molar-refractivity contribution >= 4 is 11.6 Å². The van der Waals surface area contributed by atoms with Crippen LogP contribution in [0, 0.1) is 6.92 Å². The second-order valence-electron chi connectivity index (χ2n) is 5.98. The summed E-state index contributed by atoms with van der Waals surface area (Å²) in [5.74, 6) is 2.49. The third-order valence-corrected chi connectivity index (χ3v) is 4.25. The fraction of sp³-hybridized carbons (Fsp3) is 0.556. The van der Waals surface area contributed by atoms with Crippen LogP contribution < -0.4 is 9.47 Å². The first-order valence-electron chi connectivity index (χ1n) is 8.51. The van der Waals surface area contributed by atoms with Gasteiger partial charge < -0.3 is 14.0 Å². The van der Waals surface area contributed by atoms with Gasteiger partial charge in [0.25, 0.3) is 0 Å². The van der Waals surface area contributed by atoms with Crippen LogP contribution in [0.15, 0.2) is 16.7 Å². The third-order valence-electron chi connectivity index (χ3n) is 3.97. The summed E-state index contributed by atoms with van der Waals surface area (Å²) >= 11 is 6.44. The maximum Gasteiger partial charge on any atom is 0.223 e. The molecule has 1 aromatic carbocycles. The summed E-state index contributed by atoms with van der Waals surface area (Å²) in [5.41, 5.74) is 1.04. The highest BCUT2D eigenvalue weighted by Gasteiger charge is 2.16. The number of hydrogen-bond donors (Lipinski definition) is 0. The molecular formula is C18H26ClN3O3. The molecule has 0 saturated heterocycles. The number of aryl methyl sites for hydroxylation is 1. The molecule has 1 atom stereocenters. The van der Waals surface area contributed by atoms with Gasteiger partial charge in [-0.05, 0) is 37.6 Å². The molecule has 0 aliphatic heterocycles. The molecule has 138 valence electrons. The van der Waals surface area contributed by atoms with E-state index in [1.165, 1.54) is 0 Å². The van der Waals surface area contributed by atoms with Gasteiger partial charge in [-0.15, -0.1) is 0 Å². The molecule has 1 aromatic heterocycles. The Labute approximate surface area is 154 Å². The van der Waals surface area contributed by atoms with Crippen molar-refractivity contribution in [1.29, 1.82) is 0 Å². The minimum absolute atomic E-state index is 0.0749. The number of hydrogen-bond acceptors (Lipinski definition) is 6. The molecule has 0 aliphatic rings. The highest BCUT2D eigenvalue weighted by atomic mass is 35.5. The average Bonchev–Trinajstić information content (AvgIpc) is 3.00. The van der Waals surface area contributed by atoms with E-state index >= 15 is 0 Å². The van der Waals surface area contributed by atoms with Crippen LogP contribution in [-0.2, 0) is 13.1 Å². The molecule has 0 fully saturated rings. The Kier molecular flexibility index (Phi) is 7.08. The van der Waals surface area contributed by atoms with Crippen molar-refractivity contribution in [3.63, 3.8) is 0 Å². The molecule has 1 unspecified atom stereocenters. The highest BCUT2D eigenvalue weighted by Crippen LogP contribution is 2.37. The number of ether oxygens (including phenoxy) is 2. The predicted molar refractivity (Wildman–Crippen MR) is 97.2 cm³/mol. The smallest absolute Gasteiger partial charge is 0.223 e. The van der Waals surface area contributed by atoms with Gasteiger partial charge in [-0.1, -0.05) is 30.6 Å². The van der Waals surface area contributed by atoms with E-state index in [1.54, 1.807) is 14.0 Å². The van der Waals surface area contributed by atoms with Crippen molar-refractivity contribution in [2.45, 2.75) is 53.3 Å². The molecule has 6 nitrogen and oxygen atoms in total. The van der Waals surface area contributed by atoms with E-state index in [0.717, 1.165) is 18.5 Å². The van der Waals surface area contributed by atoms with Crippen LogP contribution in [-0.4, -0.2) is 34.8 Å². The summed E-state index contributed by atoms with van der Waals surface area (Å²) in [6, 6.07) is 3.89. The van der Waals surface area contributed by atoms with E-state index in [4.69, 9.17) is 25.6 Å². The second-order valence-corrected chi connectivity index (χ2v) is 6.39. The highest BCUT2D eigenvalue weighted by molar-refractivity contribution is 6.32. The molecule has 1 heterocycles. The Morgan fingerprint density at radius 3 is 2.60 bits per heavy atom. The third kappa shape index (κ3) is 5.34. The molecule has 0 saturated carbocycles. The molecule has 25 heavy (non-hydrogen) atoms. The van der Waals surface area contributed by atoms with Crippen molar-refractivity contribution in [3.8, 4) is 11.5 Å². The molecule has 0 bridgehead atoms. The van der Waals surface area contributed by atoms with Crippen molar-refractivity contribution < 1.29 is 14.0 Å². The molecule has 0 amide bonds. The number of halogens is 1. The van der Waals surface area contributed by atoms with Gasteiger partial charge in [0.05, 0.1) is 24.8 Å². The zero-order chi connectivity index (χ0) is 18.4. The van der Waals surface area contributed by atoms with Crippen molar-refractivity contribution in [1.82, 2.24) is 15.0 Å². The quantitative estimate of drug-likeness (QED) is 0.660. The molecular weight excluding hydrogens is 342 g/mol. The van der Waals surface area contributed by atoms with Gasteiger partial charge >= 0.3 is 0 Å². The van der Waals surface area contributed by atoms with Crippen LogP contribution >= 0.6 is 11.6 Å². The van der Waals surface area contributed by atoms with Gasteiger partial charge in [-0.3, -0.25) is 4.90 Å². The van der Waals surface area contributed by atoms with Gasteiger partial charge in [-0.2, -0.15) is 4.98 Å². The second kappa shape index (κ2) is 9.06. The summed E-state index contributed by atoms with van der Waals surface area (Å²) in [6.45, 7) is 10.1. The lowest BCUT2D eigenvalue weighted by Gasteiger charge is -2.21. The van der Waals surface area contributed by atoms with Gasteiger partial charge in [0.15, 0.2) is 17.3 Å². The van der Waals surface area contributed by atoms with Gasteiger partial charge in [0, 0.05) is 13.5 Å². The van der Waals surface area contributed by atoms with E-state index in [9.17, 15) is 0 Å². The first-order chi connectivity index (χ1) is 12.0. The van der Waals surface area contributed by atoms with Gasteiger partial charge in [0.1, 0.15) is 0 Å². The summed E-state index contributed by atoms with van der Waals surface area (Å²) in [4.78, 5) is 6.46. The van der Waals surface area contributed by atoms with Crippen LogP contribution in [0.5, 0.6) is 11.5 Å². The lowest BCUT2D eigenvalue weighted by molar-refractivity contribution is 0.207. The molecule has 0 aliphatic carbocycles. The zero-order valence-electron chi connectivity index (χ0n) is 15.5. The first kappa shape index (κ1) is 19.5. The SMILES string of the molecule is CCC(C)Oc1c(Cl)cc(CN(CC)Cc2noc(C)n2)cc1OC. The summed E-state index contributed by atoms with van der Waals surface area (Å²) in [5, 5.41) is 4.51. The Bertz CT molecular complexity index is 690. The van der Waals surface area contributed by atoms with Crippen molar-refractivity contribution in [2.75, 3.05) is 13.7 Å². The fourth-order valence-corrected chi connectivity index (χ4v) is 2.68. The molecule has 7 heteroatoms. The Balaban J connectivity index is 2.16. The van der Waals surface area contributed by atoms with Crippen LogP contribution in [0.2, 0.25) is 5.02 Å². The normalized spacial score (nSPS) is 12.4. The maximum atomic E-state index is 6.44. The Morgan fingerprint density at radius 1 is 1.28 bits per heavy atom. The van der Waals surface area contributed by atoms with Crippen LogP contribution in [0.4, 0.5) is 0 Å². The van der Waals surface area contributed by atoms with Gasteiger partial charge in [0.2, 0.25) is 5.89 Å². The summed E-state index contributed by atoms with van der Waals surface area (Å²) in [6.07, 6.45) is 0.973. The summed E-state index contributed by atoms with van der Waals surface area (Å²) in [7, 11) is 1.62. The molecule has 0 spiro atoms. The minimum atomic E-state index is 0.0749. The van der Waals surface area contributed by atoms with Gasteiger partial charge in [-0.25, -0.2) is 0 Å². The predicted octanol–water partition coefficient (Wildman–Crippen LogP) is 4.24. The number of aromatic nitrogens is 2. The van der Waals surface area contributed by atoms with E-state index in [-0.39, 0.29) is 6.10 Å². The first-order valence-corrected chi connectivity index (χ1v) is 8.89. The van der Waals surface area contributed by atoms with Crippen LogP contribution in [0.3, 0.4) is 0 Å². The lowest BCUT2D eigenvalue weighted by Crippen LogP contribution is -2.23. The van der Waals surface area contributed by atoms with Crippen LogP contribution in [0.25, 0.3) is 0 Å². The van der Waals surface area contributed by atoms with E-state index in [2.05, 4.69) is 28.9 Å². The maximum absolute atomic E-state index is 6.44. The number of nitrogens with zero attached hydrogens (tertiary/aromatic N) is 3. The van der Waals surface area contributed by atoms with Crippen molar-refractivity contribution in [3.05, 3.63) is 34.4 Å². The Morgan fingerprint density at radius 2 is 2.04 bits per heavy atom. The number of methoxy groups -OCH3 is 1.